The van der Waals surface area contributed by atoms with Gasteiger partial charge in [-0.25, -0.2) is 0 Å². The third kappa shape index (κ3) is 4.68. The molecule has 70 valence electrons. The summed E-state index contributed by atoms with van der Waals surface area (Å²) < 4.78 is 0. The first-order chi connectivity index (χ1) is 5.43. The maximum absolute atomic E-state index is 11.0. The number of hydrogen-bond acceptors (Lipinski definition) is 3. The number of amides is 2. The number of carbonyl (C=O) groups excluding carboxylic acids is 2. The number of carbonyl (C=O) groups is 2. The van der Waals surface area contributed by atoms with Crippen LogP contribution < -0.4 is 11.1 Å². The third-order valence-corrected chi connectivity index (χ3v) is 1.26. The molecule has 0 fully saturated rings. The average molecular weight is 173 g/mol. The van der Waals surface area contributed by atoms with Gasteiger partial charge < -0.3 is 16.0 Å². The average Bonchev–Trinajstić information content (AvgIpc) is 1.84. The fraction of sp³-hybridized carbons (Fsp3) is 0.714. The summed E-state index contributed by atoms with van der Waals surface area (Å²) in [5.74, 6) is -0.728. The molecule has 3 N–H and O–H groups in total. The molecule has 0 saturated heterocycles. The van der Waals surface area contributed by atoms with E-state index in [0.29, 0.717) is 0 Å². The van der Waals surface area contributed by atoms with E-state index in [2.05, 4.69) is 5.32 Å². The Labute approximate surface area is 71.9 Å². The standard InChI is InChI=1S/C7H15N3O2/c1-5(7(8)12)9-6(11)4-10(2)3/h5H,4H2,1-3H3,(H2,8,12)(H,9,11). The van der Waals surface area contributed by atoms with Gasteiger partial charge in [-0.2, -0.15) is 0 Å². The Morgan fingerprint density at radius 3 is 2.33 bits per heavy atom. The lowest BCUT2D eigenvalue weighted by molar-refractivity contribution is -0.127. The second-order valence-corrected chi connectivity index (χ2v) is 2.93. The lowest BCUT2D eigenvalue weighted by Gasteiger charge is -2.12. The van der Waals surface area contributed by atoms with E-state index in [1.807, 2.05) is 0 Å². The molecular weight excluding hydrogens is 158 g/mol. The summed E-state index contributed by atoms with van der Waals surface area (Å²) in [5.41, 5.74) is 4.95. The summed E-state index contributed by atoms with van der Waals surface area (Å²) in [6, 6.07) is -0.600. The first-order valence-electron chi connectivity index (χ1n) is 3.67. The summed E-state index contributed by atoms with van der Waals surface area (Å²) in [6.07, 6.45) is 0. The lowest BCUT2D eigenvalue weighted by Crippen LogP contribution is -2.45. The summed E-state index contributed by atoms with van der Waals surface area (Å²) >= 11 is 0. The molecule has 0 radical (unpaired) electrons. The van der Waals surface area contributed by atoms with Crippen LogP contribution in [0, 0.1) is 0 Å². The highest BCUT2D eigenvalue weighted by molar-refractivity contribution is 5.86. The van der Waals surface area contributed by atoms with Crippen molar-refractivity contribution < 1.29 is 9.59 Å². The quantitative estimate of drug-likeness (QED) is 0.545. The zero-order chi connectivity index (χ0) is 9.72. The van der Waals surface area contributed by atoms with Crippen molar-refractivity contribution in [2.75, 3.05) is 20.6 Å². The van der Waals surface area contributed by atoms with Gasteiger partial charge in [0.15, 0.2) is 0 Å². The van der Waals surface area contributed by atoms with Crippen molar-refractivity contribution in [1.82, 2.24) is 10.2 Å². The smallest absolute Gasteiger partial charge is 0.239 e. The van der Waals surface area contributed by atoms with Gasteiger partial charge in [0.1, 0.15) is 6.04 Å². The molecule has 5 nitrogen and oxygen atoms in total. The van der Waals surface area contributed by atoms with Crippen molar-refractivity contribution in [1.29, 1.82) is 0 Å². The highest BCUT2D eigenvalue weighted by Gasteiger charge is 2.11. The maximum atomic E-state index is 11.0. The predicted molar refractivity (Wildman–Crippen MR) is 45.4 cm³/mol. The Hall–Kier alpha value is -1.10. The van der Waals surface area contributed by atoms with Gasteiger partial charge in [-0.05, 0) is 21.0 Å². The van der Waals surface area contributed by atoms with Crippen molar-refractivity contribution in [2.24, 2.45) is 5.73 Å². The van der Waals surface area contributed by atoms with Gasteiger partial charge in [-0.3, -0.25) is 9.59 Å². The van der Waals surface area contributed by atoms with Crippen LogP contribution in [0.3, 0.4) is 0 Å². The SMILES string of the molecule is CC(NC(=O)CN(C)C)C(N)=O. The van der Waals surface area contributed by atoms with Crippen LogP contribution in [-0.2, 0) is 9.59 Å². The molecule has 0 aliphatic carbocycles. The van der Waals surface area contributed by atoms with E-state index in [1.165, 1.54) is 0 Å². The number of hydrogen-bond donors (Lipinski definition) is 2. The normalized spacial score (nSPS) is 12.7. The molecule has 2 amide bonds. The van der Waals surface area contributed by atoms with Gasteiger partial charge in [-0.15, -0.1) is 0 Å². The zero-order valence-electron chi connectivity index (χ0n) is 7.63. The zero-order valence-corrected chi connectivity index (χ0v) is 7.63. The molecule has 0 aliphatic heterocycles. The molecular formula is C7H15N3O2. The number of nitrogens with two attached hydrogens (primary N) is 1. The number of rotatable bonds is 4. The molecule has 0 aromatic heterocycles. The van der Waals surface area contributed by atoms with Crippen LogP contribution in [0.1, 0.15) is 6.92 Å². The molecule has 0 bridgehead atoms. The summed E-state index contributed by atoms with van der Waals surface area (Å²) in [6.45, 7) is 1.81. The van der Waals surface area contributed by atoms with Crippen LogP contribution in [0.5, 0.6) is 0 Å². The minimum atomic E-state index is -0.600. The van der Waals surface area contributed by atoms with Crippen LogP contribution in [0.2, 0.25) is 0 Å². The Balaban J connectivity index is 3.77. The molecule has 0 rings (SSSR count). The molecule has 0 heterocycles. The molecule has 0 spiro atoms. The van der Waals surface area contributed by atoms with Crippen LogP contribution in [0.4, 0.5) is 0 Å². The molecule has 0 aromatic rings. The summed E-state index contributed by atoms with van der Waals surface area (Å²) in [7, 11) is 3.54. The highest BCUT2D eigenvalue weighted by atomic mass is 16.2. The third-order valence-electron chi connectivity index (χ3n) is 1.26. The van der Waals surface area contributed by atoms with E-state index in [4.69, 9.17) is 5.73 Å². The van der Waals surface area contributed by atoms with Gasteiger partial charge in [-0.1, -0.05) is 0 Å². The van der Waals surface area contributed by atoms with Gasteiger partial charge >= 0.3 is 0 Å². The van der Waals surface area contributed by atoms with Crippen molar-refractivity contribution in [3.63, 3.8) is 0 Å². The van der Waals surface area contributed by atoms with Gasteiger partial charge in [0.05, 0.1) is 6.54 Å². The van der Waals surface area contributed by atoms with Crippen LogP contribution >= 0.6 is 0 Å². The Kier molecular flexibility index (Phi) is 4.28. The Morgan fingerprint density at radius 1 is 1.50 bits per heavy atom. The van der Waals surface area contributed by atoms with E-state index in [9.17, 15) is 9.59 Å². The van der Waals surface area contributed by atoms with E-state index >= 15 is 0 Å². The van der Waals surface area contributed by atoms with E-state index in [-0.39, 0.29) is 12.5 Å². The van der Waals surface area contributed by atoms with E-state index < -0.39 is 11.9 Å². The maximum Gasteiger partial charge on any atom is 0.239 e. The number of likely N-dealkylation sites (N-methyl/N-ethyl adjacent to an activating group) is 1. The molecule has 0 aliphatic rings. The second kappa shape index (κ2) is 4.71. The first-order valence-corrected chi connectivity index (χ1v) is 3.67. The van der Waals surface area contributed by atoms with Crippen LogP contribution in [0.25, 0.3) is 0 Å². The minimum absolute atomic E-state index is 0.202. The van der Waals surface area contributed by atoms with Crippen molar-refractivity contribution in [3.8, 4) is 0 Å². The van der Waals surface area contributed by atoms with Crippen LogP contribution in [0.15, 0.2) is 0 Å². The largest absolute Gasteiger partial charge is 0.368 e. The molecule has 1 atom stereocenters. The molecule has 5 heteroatoms. The number of primary amides is 1. The van der Waals surface area contributed by atoms with Crippen LogP contribution in [-0.4, -0.2) is 43.4 Å². The minimum Gasteiger partial charge on any atom is -0.368 e. The van der Waals surface area contributed by atoms with Gasteiger partial charge in [0, 0.05) is 0 Å². The molecule has 0 aromatic carbocycles. The van der Waals surface area contributed by atoms with Crippen molar-refractivity contribution in [2.45, 2.75) is 13.0 Å². The fourth-order valence-electron chi connectivity index (χ4n) is 0.645. The highest BCUT2D eigenvalue weighted by Crippen LogP contribution is 1.80. The number of nitrogens with one attached hydrogen (secondary N) is 1. The van der Waals surface area contributed by atoms with Crippen molar-refractivity contribution >= 4 is 11.8 Å². The predicted octanol–water partition coefficient (Wildman–Crippen LogP) is -1.46. The monoisotopic (exact) mass is 173 g/mol. The van der Waals surface area contributed by atoms with E-state index in [1.54, 1.807) is 25.9 Å². The van der Waals surface area contributed by atoms with E-state index in [0.717, 1.165) is 0 Å². The summed E-state index contributed by atoms with van der Waals surface area (Å²) in [5, 5.41) is 2.46. The molecule has 1 unspecified atom stereocenters. The van der Waals surface area contributed by atoms with Crippen molar-refractivity contribution in [3.05, 3.63) is 0 Å². The molecule has 0 saturated carbocycles. The molecule has 12 heavy (non-hydrogen) atoms. The Bertz CT molecular complexity index is 179. The fourth-order valence-corrected chi connectivity index (χ4v) is 0.645. The lowest BCUT2D eigenvalue weighted by atomic mass is 10.3. The van der Waals surface area contributed by atoms with Gasteiger partial charge in [0.25, 0.3) is 0 Å². The topological polar surface area (TPSA) is 75.4 Å². The second-order valence-electron chi connectivity index (χ2n) is 2.93. The van der Waals surface area contributed by atoms with Gasteiger partial charge in [0.2, 0.25) is 11.8 Å². The summed E-state index contributed by atoms with van der Waals surface area (Å²) in [4.78, 5) is 23.2. The first kappa shape index (κ1) is 10.9. The number of nitrogens with zero attached hydrogens (tertiary/aromatic N) is 1. The Morgan fingerprint density at radius 2 is 2.00 bits per heavy atom.